The highest BCUT2D eigenvalue weighted by Crippen LogP contribution is 2.30. The molecule has 20 heavy (non-hydrogen) atoms. The lowest BCUT2D eigenvalue weighted by atomic mass is 10.0. The number of nitrogens with zero attached hydrogens (tertiary/aromatic N) is 2. The normalized spacial score (nSPS) is 19.4. The summed E-state index contributed by atoms with van der Waals surface area (Å²) >= 11 is 0. The zero-order chi connectivity index (χ0) is 14.7. The van der Waals surface area contributed by atoms with Crippen molar-refractivity contribution in [3.8, 4) is 0 Å². The van der Waals surface area contributed by atoms with E-state index in [1.165, 1.54) is 12.3 Å². The fourth-order valence-electron chi connectivity index (χ4n) is 1.93. The van der Waals surface area contributed by atoms with Crippen molar-refractivity contribution >= 4 is 11.4 Å². The minimum absolute atomic E-state index is 0. The largest absolute Gasteiger partial charge is 0.383 e. The Morgan fingerprint density at radius 3 is 2.70 bits per heavy atom. The van der Waals surface area contributed by atoms with Gasteiger partial charge in [-0.1, -0.05) is 13.8 Å². The van der Waals surface area contributed by atoms with Gasteiger partial charge in [0.05, 0.1) is 0 Å². The average molecular weight is 279 g/mol. The van der Waals surface area contributed by atoms with Gasteiger partial charge in [-0.25, -0.2) is 14.4 Å². The van der Waals surface area contributed by atoms with Gasteiger partial charge >= 0.3 is 0 Å². The van der Waals surface area contributed by atoms with Crippen LogP contribution in [-0.2, 0) is 0 Å². The zero-order valence-electron chi connectivity index (χ0n) is 11.7. The highest BCUT2D eigenvalue weighted by molar-refractivity contribution is 5.80. The maximum atomic E-state index is 13.3. The number of rotatable bonds is 1. The van der Waals surface area contributed by atoms with Gasteiger partial charge < -0.3 is 16.4 Å². The number of nitrogens with two attached hydrogens (primary N) is 1. The quantitative estimate of drug-likeness (QED) is 0.736. The van der Waals surface area contributed by atoms with Gasteiger partial charge in [-0.3, -0.25) is 0 Å². The van der Waals surface area contributed by atoms with Gasteiger partial charge in [0.1, 0.15) is 17.8 Å². The van der Waals surface area contributed by atoms with Gasteiger partial charge in [-0.05, 0) is 13.0 Å². The predicted molar refractivity (Wildman–Crippen MR) is 82.1 cm³/mol. The van der Waals surface area contributed by atoms with Crippen LogP contribution in [0, 0.1) is 6.92 Å². The third kappa shape index (κ3) is 2.49. The molecule has 0 amide bonds. The second-order valence-electron chi connectivity index (χ2n) is 4.22. The van der Waals surface area contributed by atoms with Gasteiger partial charge in [-0.2, -0.15) is 0 Å². The van der Waals surface area contributed by atoms with Gasteiger partial charge in [-0.15, -0.1) is 0 Å². The monoisotopic (exact) mass is 279 g/mol. The van der Waals surface area contributed by atoms with Crippen molar-refractivity contribution in [2.75, 3.05) is 5.73 Å². The van der Waals surface area contributed by atoms with Crippen LogP contribution in [-0.4, -0.2) is 16.1 Å². The Hall–Kier alpha value is -2.37. The van der Waals surface area contributed by atoms with E-state index in [2.05, 4.69) is 20.6 Å². The smallest absolute Gasteiger partial charge is 0.163 e. The summed E-state index contributed by atoms with van der Waals surface area (Å²) in [5.41, 5.74) is 8.12. The topological polar surface area (TPSA) is 75.9 Å². The summed E-state index contributed by atoms with van der Waals surface area (Å²) in [6.45, 7) is 5.84. The second-order valence-corrected chi connectivity index (χ2v) is 4.22. The summed E-state index contributed by atoms with van der Waals surface area (Å²) < 4.78 is 13.3. The number of dihydropyridines is 1. The fourth-order valence-corrected chi connectivity index (χ4v) is 1.93. The Balaban J connectivity index is 0.00000106. The highest BCUT2D eigenvalue weighted by atomic mass is 19.1. The molecule has 0 saturated heterocycles. The van der Waals surface area contributed by atoms with Crippen molar-refractivity contribution < 1.29 is 7.24 Å². The molecule has 1 aromatic rings. The van der Waals surface area contributed by atoms with Crippen LogP contribution < -0.4 is 16.4 Å². The Morgan fingerprint density at radius 2 is 2.00 bits per heavy atom. The Kier molecular flexibility index (Phi) is 4.02. The molecular weight excluding hydrogens is 257 g/mol. The summed E-state index contributed by atoms with van der Waals surface area (Å²) in [6, 6.07) is 0. The maximum absolute atomic E-state index is 13.3. The number of halogens is 1. The Labute approximate surface area is 120 Å². The number of allylic oxidation sites excluding steroid dienone is 2. The molecule has 1 atom stereocenters. The van der Waals surface area contributed by atoms with Crippen molar-refractivity contribution in [1.82, 2.24) is 20.6 Å². The molecule has 0 radical (unpaired) electrons. The molecule has 4 N–H and O–H groups in total. The number of nitrogens with one attached hydrogen (secondary N) is 2. The van der Waals surface area contributed by atoms with Crippen molar-refractivity contribution in [3.05, 3.63) is 47.5 Å². The van der Waals surface area contributed by atoms with Crippen LogP contribution in [0.5, 0.6) is 0 Å². The van der Waals surface area contributed by atoms with E-state index in [0.29, 0.717) is 11.6 Å². The van der Waals surface area contributed by atoms with Gasteiger partial charge in [0.25, 0.3) is 0 Å². The minimum Gasteiger partial charge on any atom is -0.383 e. The van der Waals surface area contributed by atoms with E-state index in [1.54, 1.807) is 12.4 Å². The van der Waals surface area contributed by atoms with Crippen molar-refractivity contribution in [2.45, 2.75) is 26.9 Å². The first-order valence-corrected chi connectivity index (χ1v) is 6.54. The third-order valence-corrected chi connectivity index (χ3v) is 2.95. The number of hydrogen-bond acceptors (Lipinski definition) is 5. The van der Waals surface area contributed by atoms with E-state index in [4.69, 9.17) is 5.73 Å². The summed E-state index contributed by atoms with van der Waals surface area (Å²) in [5, 5.41) is 5.99. The van der Waals surface area contributed by atoms with E-state index in [-0.39, 0.29) is 14.8 Å². The van der Waals surface area contributed by atoms with E-state index < -0.39 is 0 Å². The molecule has 2 aliphatic rings. The molecule has 0 aliphatic carbocycles. The van der Waals surface area contributed by atoms with Crippen LogP contribution in [0.25, 0.3) is 5.57 Å². The van der Waals surface area contributed by atoms with E-state index in [0.717, 1.165) is 16.7 Å². The molecule has 0 saturated carbocycles. The van der Waals surface area contributed by atoms with Crippen LogP contribution in [0.4, 0.5) is 10.2 Å². The summed E-state index contributed by atoms with van der Waals surface area (Å²) in [7, 11) is 0. The molecule has 110 valence electrons. The maximum Gasteiger partial charge on any atom is 0.163 e. The van der Waals surface area contributed by atoms with E-state index in [1.807, 2.05) is 20.8 Å². The molecule has 2 aliphatic heterocycles. The molecule has 0 aromatic carbocycles. The second kappa shape index (κ2) is 5.73. The van der Waals surface area contributed by atoms with Crippen LogP contribution in [0.2, 0.25) is 0 Å². The molecule has 0 spiro atoms. The number of anilines is 1. The van der Waals surface area contributed by atoms with E-state index in [9.17, 15) is 4.39 Å². The van der Waals surface area contributed by atoms with Crippen molar-refractivity contribution in [3.63, 3.8) is 0 Å². The molecule has 0 fully saturated rings. The standard InChI is InChI=1S/C12H12FN5.C2H6.2H2/c1-6-3-15-12(18-10(6)14)9-5-17-11-8(9)2-7(13)4-16-11;1-2;;/h2-5,11,16-17H,1H3,(H2,14,15,18);1-2H3;2*1H. The third-order valence-electron chi connectivity index (χ3n) is 2.95. The molecule has 5 nitrogen and oxygen atoms in total. The van der Waals surface area contributed by atoms with Crippen molar-refractivity contribution in [2.24, 2.45) is 0 Å². The molecule has 1 unspecified atom stereocenters. The van der Waals surface area contributed by atoms with Crippen LogP contribution in [0.3, 0.4) is 0 Å². The number of aryl methyl sites for hydroxylation is 1. The highest BCUT2D eigenvalue weighted by Gasteiger charge is 2.27. The van der Waals surface area contributed by atoms with Gasteiger partial charge in [0.2, 0.25) is 0 Å². The number of fused-ring (bicyclic) bond motifs is 1. The summed E-state index contributed by atoms with van der Waals surface area (Å²) in [6.07, 6.45) is 6.08. The Bertz CT molecular complexity index is 613. The first-order chi connectivity index (χ1) is 9.65. The molecule has 6 heteroatoms. The summed E-state index contributed by atoms with van der Waals surface area (Å²) in [5.74, 6) is 0.608. The first kappa shape index (κ1) is 14.0. The molecule has 3 heterocycles. The van der Waals surface area contributed by atoms with Crippen LogP contribution in [0.1, 0.15) is 28.1 Å². The average Bonchev–Trinajstić information content (AvgIpc) is 2.87. The first-order valence-electron chi connectivity index (χ1n) is 6.54. The van der Waals surface area contributed by atoms with Crippen molar-refractivity contribution in [1.29, 1.82) is 0 Å². The number of aromatic nitrogens is 2. The predicted octanol–water partition coefficient (Wildman–Crippen LogP) is 2.50. The molecule has 1 aromatic heterocycles. The molecule has 0 bridgehead atoms. The summed E-state index contributed by atoms with van der Waals surface area (Å²) in [4.78, 5) is 8.45. The van der Waals surface area contributed by atoms with Crippen LogP contribution in [0.15, 0.2) is 36.1 Å². The molecule has 3 rings (SSSR count). The lowest BCUT2D eigenvalue weighted by Gasteiger charge is -2.18. The minimum atomic E-state index is -0.323. The number of hydrogen-bond donors (Lipinski definition) is 3. The van der Waals surface area contributed by atoms with Gasteiger partial charge in [0.15, 0.2) is 5.82 Å². The lowest BCUT2D eigenvalue weighted by Crippen LogP contribution is -2.36. The molecular formula is C14H22FN5. The SMILES string of the molecule is CC.Cc1cnc(C2=CNC3NC=C(F)C=C23)nc1N.[HH].[HH]. The number of nitrogen functional groups attached to an aromatic ring is 1. The Morgan fingerprint density at radius 1 is 1.30 bits per heavy atom. The lowest BCUT2D eigenvalue weighted by molar-refractivity contribution is 0.581. The van der Waals surface area contributed by atoms with Crippen LogP contribution >= 0.6 is 0 Å². The zero-order valence-corrected chi connectivity index (χ0v) is 11.7. The fraction of sp³-hybridized carbons (Fsp3) is 0.286. The van der Waals surface area contributed by atoms with E-state index >= 15 is 0 Å². The van der Waals surface area contributed by atoms with Gasteiger partial charge in [0, 0.05) is 38.2 Å².